The van der Waals surface area contributed by atoms with E-state index in [-0.39, 0.29) is 36.9 Å². The molecule has 0 aliphatic carbocycles. The molecule has 3 atom stereocenters. The molecular weight excluding hydrogens is 574 g/mol. The lowest BCUT2D eigenvalue weighted by Crippen LogP contribution is -2.50. The summed E-state index contributed by atoms with van der Waals surface area (Å²) in [5, 5.41) is 17.9. The molecule has 3 aromatic carbocycles. The first-order valence-corrected chi connectivity index (χ1v) is 15.6. The average Bonchev–Trinajstić information content (AvgIpc) is 3.05. The topological polar surface area (TPSA) is 124 Å². The summed E-state index contributed by atoms with van der Waals surface area (Å²) in [5.74, 6) is -0.237. The van der Waals surface area contributed by atoms with Crippen LogP contribution in [0.5, 0.6) is 5.75 Å². The normalized spacial score (nSPS) is 19.6. The number of aliphatic hydroxyl groups excluding tert-OH is 1. The Morgan fingerprint density at radius 2 is 1.82 bits per heavy atom. The summed E-state index contributed by atoms with van der Waals surface area (Å²) in [6, 6.07) is 18.0. The fourth-order valence-corrected chi connectivity index (χ4v) is 5.72. The van der Waals surface area contributed by atoms with E-state index < -0.39 is 12.1 Å². The van der Waals surface area contributed by atoms with Crippen LogP contribution >= 0.6 is 0 Å². The van der Waals surface area contributed by atoms with Gasteiger partial charge >= 0.3 is 6.03 Å². The number of hydrogen-bond acceptors (Lipinski definition) is 7. The Bertz CT molecular complexity index is 1500. The van der Waals surface area contributed by atoms with E-state index in [1.807, 2.05) is 49.4 Å². The monoisotopic (exact) mass is 617 g/mol. The highest BCUT2D eigenvalue weighted by molar-refractivity contribution is 6.02. The molecule has 0 aromatic heterocycles. The van der Waals surface area contributed by atoms with Gasteiger partial charge in [0.05, 0.1) is 43.7 Å². The Morgan fingerprint density at radius 1 is 1.07 bits per heavy atom. The molecule has 1 saturated heterocycles. The molecule has 4 amide bonds. The van der Waals surface area contributed by atoms with Gasteiger partial charge in [-0.15, -0.1) is 0 Å². The van der Waals surface area contributed by atoms with Crippen LogP contribution in [-0.2, 0) is 9.53 Å². The first kappa shape index (κ1) is 32.2. The second-order valence-corrected chi connectivity index (χ2v) is 11.9. The summed E-state index contributed by atoms with van der Waals surface area (Å²) in [5.41, 5.74) is 1.50. The van der Waals surface area contributed by atoms with Crippen LogP contribution in [0.4, 0.5) is 16.2 Å². The minimum Gasteiger partial charge on any atom is -0.487 e. The van der Waals surface area contributed by atoms with Crippen LogP contribution in [0.15, 0.2) is 60.7 Å². The molecule has 11 nitrogen and oxygen atoms in total. The maximum absolute atomic E-state index is 13.8. The predicted octanol–water partition coefficient (Wildman–Crippen LogP) is 3.88. The van der Waals surface area contributed by atoms with Crippen molar-refractivity contribution in [2.24, 2.45) is 5.92 Å². The predicted molar refractivity (Wildman–Crippen MR) is 174 cm³/mol. The lowest BCUT2D eigenvalue weighted by molar-refractivity contribution is -0.116. The van der Waals surface area contributed by atoms with Crippen molar-refractivity contribution in [3.63, 3.8) is 0 Å². The number of fused-ring (bicyclic) bond motifs is 2. The van der Waals surface area contributed by atoms with Crippen molar-refractivity contribution in [1.82, 2.24) is 14.7 Å². The first-order valence-electron chi connectivity index (χ1n) is 15.6. The zero-order chi connectivity index (χ0) is 31.9. The Labute approximate surface area is 264 Å². The molecule has 0 radical (unpaired) electrons. The van der Waals surface area contributed by atoms with Gasteiger partial charge in [-0.25, -0.2) is 4.79 Å². The van der Waals surface area contributed by atoms with Gasteiger partial charge in [0.25, 0.3) is 5.91 Å². The van der Waals surface area contributed by atoms with Crippen LogP contribution < -0.4 is 15.4 Å². The average molecular weight is 618 g/mol. The van der Waals surface area contributed by atoms with Crippen LogP contribution in [0, 0.1) is 5.92 Å². The maximum atomic E-state index is 13.8. The Morgan fingerprint density at radius 3 is 2.60 bits per heavy atom. The van der Waals surface area contributed by atoms with E-state index in [0.29, 0.717) is 49.7 Å². The number of nitrogens with zero attached hydrogens (tertiary/aromatic N) is 3. The van der Waals surface area contributed by atoms with Gasteiger partial charge in [0.1, 0.15) is 11.9 Å². The number of carbonyl (C=O) groups is 3. The first-order chi connectivity index (χ1) is 21.7. The lowest BCUT2D eigenvalue weighted by atomic mass is 9.99. The van der Waals surface area contributed by atoms with E-state index >= 15 is 0 Å². The molecule has 5 rings (SSSR count). The number of amides is 4. The van der Waals surface area contributed by atoms with Crippen molar-refractivity contribution in [2.45, 2.75) is 32.4 Å². The SMILES string of the molecule is C[C@H](CO)N1C[C@H](C)[C@H](CN(C)C(=O)Nc2cccc3ccccc23)Oc2ccc(NC(=O)CCN3CCOCC3)cc2C1=O. The molecule has 0 bridgehead atoms. The summed E-state index contributed by atoms with van der Waals surface area (Å²) in [6.07, 6.45) is -0.135. The van der Waals surface area contributed by atoms with E-state index in [4.69, 9.17) is 9.47 Å². The number of morpholine rings is 1. The fourth-order valence-electron chi connectivity index (χ4n) is 5.72. The number of aliphatic hydroxyl groups is 1. The van der Waals surface area contributed by atoms with Gasteiger partial charge in [-0.05, 0) is 36.6 Å². The molecule has 3 aromatic rings. The van der Waals surface area contributed by atoms with Gasteiger partial charge in [-0.3, -0.25) is 14.5 Å². The maximum Gasteiger partial charge on any atom is 0.321 e. The zero-order valence-electron chi connectivity index (χ0n) is 26.2. The summed E-state index contributed by atoms with van der Waals surface area (Å²) < 4.78 is 11.8. The summed E-state index contributed by atoms with van der Waals surface area (Å²) in [6.45, 7) is 7.71. The molecular formula is C34H43N5O6. The second-order valence-electron chi connectivity index (χ2n) is 11.9. The summed E-state index contributed by atoms with van der Waals surface area (Å²) in [7, 11) is 1.71. The number of ether oxygens (including phenoxy) is 2. The number of carbonyl (C=O) groups excluding carboxylic acids is 3. The molecule has 3 N–H and O–H groups in total. The van der Waals surface area contributed by atoms with Gasteiger partial charge < -0.3 is 35.0 Å². The molecule has 11 heteroatoms. The highest BCUT2D eigenvalue weighted by Gasteiger charge is 2.34. The largest absolute Gasteiger partial charge is 0.487 e. The highest BCUT2D eigenvalue weighted by atomic mass is 16.5. The third kappa shape index (κ3) is 7.91. The van der Waals surface area contributed by atoms with Crippen molar-refractivity contribution in [1.29, 1.82) is 0 Å². The molecule has 0 spiro atoms. The number of urea groups is 1. The lowest BCUT2D eigenvalue weighted by Gasteiger charge is -2.38. The van der Waals surface area contributed by atoms with Crippen molar-refractivity contribution in [2.75, 3.05) is 70.2 Å². The minimum absolute atomic E-state index is 0.147. The molecule has 2 aliphatic rings. The standard InChI is InChI=1S/C34H43N5O6/c1-23-20-39(24(2)22-40)33(42)28-19-26(35-32(41)13-14-38-15-17-44-18-16-38)11-12-30(28)45-31(23)21-37(3)34(43)36-29-10-6-8-25-7-4-5-9-27(25)29/h4-12,19,23-24,31,40H,13-18,20-22H2,1-3H3,(H,35,41)(H,36,43)/t23-,24+,31-/m0/s1. The number of nitrogens with one attached hydrogen (secondary N) is 2. The Balaban J connectivity index is 1.31. The fraction of sp³-hybridized carbons (Fsp3) is 0.441. The molecule has 2 aliphatic heterocycles. The number of anilines is 2. The van der Waals surface area contributed by atoms with E-state index in [9.17, 15) is 19.5 Å². The molecule has 45 heavy (non-hydrogen) atoms. The van der Waals surface area contributed by atoms with E-state index in [1.165, 1.54) is 0 Å². The van der Waals surface area contributed by atoms with Gasteiger partial charge in [0.2, 0.25) is 5.91 Å². The molecule has 1 fully saturated rings. The summed E-state index contributed by atoms with van der Waals surface area (Å²) >= 11 is 0. The highest BCUT2D eigenvalue weighted by Crippen LogP contribution is 2.31. The molecule has 0 unspecified atom stereocenters. The third-order valence-corrected chi connectivity index (χ3v) is 8.54. The van der Waals surface area contributed by atoms with Crippen LogP contribution in [0.1, 0.15) is 30.6 Å². The smallest absolute Gasteiger partial charge is 0.321 e. The second kappa shape index (κ2) is 14.7. The van der Waals surface area contributed by atoms with Crippen LogP contribution in [0.3, 0.4) is 0 Å². The number of likely N-dealkylation sites (N-methyl/N-ethyl adjacent to an activating group) is 1. The van der Waals surface area contributed by atoms with Gasteiger partial charge in [0.15, 0.2) is 0 Å². The van der Waals surface area contributed by atoms with Crippen LogP contribution in [0.2, 0.25) is 0 Å². The van der Waals surface area contributed by atoms with Gasteiger partial charge in [-0.1, -0.05) is 43.3 Å². The van der Waals surface area contributed by atoms with E-state index in [1.54, 1.807) is 42.0 Å². The van der Waals surface area contributed by atoms with Crippen LogP contribution in [0.25, 0.3) is 10.8 Å². The van der Waals surface area contributed by atoms with Crippen molar-refractivity contribution < 1.29 is 29.0 Å². The molecule has 0 saturated carbocycles. The Kier molecular flexibility index (Phi) is 10.5. The van der Waals surface area contributed by atoms with Gasteiger partial charge in [-0.2, -0.15) is 0 Å². The number of hydrogen-bond donors (Lipinski definition) is 3. The molecule has 2 heterocycles. The Hall–Kier alpha value is -4.19. The minimum atomic E-state index is -0.456. The third-order valence-electron chi connectivity index (χ3n) is 8.54. The van der Waals surface area contributed by atoms with E-state index in [0.717, 1.165) is 29.5 Å². The van der Waals surface area contributed by atoms with Crippen molar-refractivity contribution in [3.8, 4) is 5.75 Å². The number of benzene rings is 3. The quantitative estimate of drug-likeness (QED) is 0.333. The van der Waals surface area contributed by atoms with Crippen molar-refractivity contribution in [3.05, 3.63) is 66.2 Å². The molecule has 240 valence electrons. The number of rotatable bonds is 9. The van der Waals surface area contributed by atoms with Crippen LogP contribution in [-0.4, -0.2) is 109 Å². The van der Waals surface area contributed by atoms with Gasteiger partial charge in [0, 0.05) is 56.6 Å². The van der Waals surface area contributed by atoms with E-state index in [2.05, 4.69) is 15.5 Å². The zero-order valence-corrected chi connectivity index (χ0v) is 26.2. The van der Waals surface area contributed by atoms with Crippen molar-refractivity contribution >= 4 is 40.0 Å². The summed E-state index contributed by atoms with van der Waals surface area (Å²) in [4.78, 5) is 45.3.